The number of rotatable bonds is 15. The van der Waals surface area contributed by atoms with Crippen molar-refractivity contribution in [2.45, 2.75) is 129 Å². The van der Waals surface area contributed by atoms with Crippen molar-refractivity contribution >= 4 is 16.6 Å². The second-order valence-corrected chi connectivity index (χ2v) is 23.4. The lowest BCUT2D eigenvalue weighted by Crippen LogP contribution is -2.49. The van der Waals surface area contributed by atoms with Gasteiger partial charge < -0.3 is 23.4 Å². The van der Waals surface area contributed by atoms with Gasteiger partial charge in [-0.15, -0.1) is 6.58 Å². The lowest BCUT2D eigenvalue weighted by molar-refractivity contribution is -0.0699. The van der Waals surface area contributed by atoms with Crippen molar-refractivity contribution < 1.29 is 23.4 Å². The third-order valence-electron chi connectivity index (χ3n) is 8.60. The van der Waals surface area contributed by atoms with Crippen molar-refractivity contribution in [3.05, 3.63) is 54.6 Å². The molecule has 1 aromatic rings. The van der Waals surface area contributed by atoms with Crippen LogP contribution >= 0.6 is 0 Å². The second-order valence-electron chi connectivity index (χ2n) is 13.9. The molecule has 0 radical (unpaired) electrons. The van der Waals surface area contributed by atoms with Gasteiger partial charge in [0.25, 0.3) is 0 Å². The molecular formula is C32H58O5Si2. The van der Waals surface area contributed by atoms with E-state index in [1.165, 1.54) is 0 Å². The largest absolute Gasteiger partial charge is 0.497 e. The Kier molecular flexibility index (Phi) is 13.4. The van der Waals surface area contributed by atoms with Gasteiger partial charge in [-0.1, -0.05) is 78.8 Å². The van der Waals surface area contributed by atoms with Crippen LogP contribution in [0.5, 0.6) is 5.75 Å². The summed E-state index contributed by atoms with van der Waals surface area (Å²) in [7, 11) is -2.38. The molecule has 0 aliphatic heterocycles. The molecule has 1 aromatic carbocycles. The third kappa shape index (κ3) is 10.9. The zero-order chi connectivity index (χ0) is 30.2. The van der Waals surface area contributed by atoms with Gasteiger partial charge in [-0.3, -0.25) is 0 Å². The maximum Gasteiger partial charge on any atom is 0.192 e. The van der Waals surface area contributed by atoms with E-state index in [0.29, 0.717) is 13.0 Å². The molecule has 5 nitrogen and oxygen atoms in total. The molecule has 7 heteroatoms. The zero-order valence-corrected chi connectivity index (χ0v) is 29.1. The molecule has 1 N–H and O–H groups in total. The average molecular weight is 579 g/mol. The first kappa shape index (κ1) is 35.8. The fraction of sp³-hybridized carbons (Fsp3) is 0.688. The topological polar surface area (TPSA) is 57.2 Å². The van der Waals surface area contributed by atoms with Gasteiger partial charge in [-0.25, -0.2) is 0 Å². The van der Waals surface area contributed by atoms with Gasteiger partial charge >= 0.3 is 0 Å². The quantitative estimate of drug-likeness (QED) is 0.167. The monoisotopic (exact) mass is 578 g/mol. The van der Waals surface area contributed by atoms with E-state index < -0.39 is 34.9 Å². The molecule has 0 saturated heterocycles. The molecule has 0 aliphatic carbocycles. The van der Waals surface area contributed by atoms with Crippen LogP contribution in [0.3, 0.4) is 0 Å². The van der Waals surface area contributed by atoms with E-state index in [0.717, 1.165) is 11.3 Å². The number of aliphatic hydroxyl groups excluding tert-OH is 1. The number of hydrogen-bond donors (Lipinski definition) is 1. The maximum atomic E-state index is 11.7. The van der Waals surface area contributed by atoms with E-state index in [1.54, 1.807) is 7.11 Å². The van der Waals surface area contributed by atoms with E-state index >= 15 is 0 Å². The Morgan fingerprint density at radius 1 is 0.872 bits per heavy atom. The number of ether oxygens (including phenoxy) is 2. The summed E-state index contributed by atoms with van der Waals surface area (Å²) in [6.07, 6.45) is 4.72. The molecule has 0 aromatic heterocycles. The van der Waals surface area contributed by atoms with Gasteiger partial charge in [0.15, 0.2) is 16.6 Å². The molecule has 0 aliphatic rings. The van der Waals surface area contributed by atoms with Crippen molar-refractivity contribution in [1.82, 2.24) is 0 Å². The summed E-state index contributed by atoms with van der Waals surface area (Å²) in [4.78, 5) is 0. The van der Waals surface area contributed by atoms with Crippen molar-refractivity contribution in [2.24, 2.45) is 5.92 Å². The second kappa shape index (κ2) is 14.6. The minimum atomic E-state index is -2.14. The van der Waals surface area contributed by atoms with E-state index in [1.807, 2.05) is 36.4 Å². The van der Waals surface area contributed by atoms with Crippen LogP contribution in [0.15, 0.2) is 49.1 Å². The first-order valence-corrected chi connectivity index (χ1v) is 20.1. The smallest absolute Gasteiger partial charge is 0.192 e. The van der Waals surface area contributed by atoms with Crippen molar-refractivity contribution in [3.63, 3.8) is 0 Å². The molecule has 224 valence electrons. The Hall–Kier alpha value is -1.23. The first-order chi connectivity index (χ1) is 17.8. The molecule has 0 fully saturated rings. The molecule has 0 amide bonds. The van der Waals surface area contributed by atoms with Gasteiger partial charge in [-0.2, -0.15) is 0 Å². The van der Waals surface area contributed by atoms with Crippen LogP contribution < -0.4 is 4.74 Å². The molecule has 0 saturated carbocycles. The lowest BCUT2D eigenvalue weighted by Gasteiger charge is -2.41. The molecule has 0 unspecified atom stereocenters. The minimum Gasteiger partial charge on any atom is -0.497 e. The summed E-state index contributed by atoms with van der Waals surface area (Å²) in [5, 5.41) is 11.8. The molecule has 5 atom stereocenters. The van der Waals surface area contributed by atoms with Crippen molar-refractivity contribution in [2.75, 3.05) is 7.11 Å². The standard InChI is InChI=1S/C32H58O5Si2/c1-15-16-29(37-39(13,14)32(7,8)9)30(33)28(35-23-26-18-20-27(34-10)21-19-26)22-17-24(2)25(3)36-38(11,12)31(4,5)6/h15,17-22,24-25,28-30,33H,1,16,23H2,2-14H3/t24-,25-,28-,29+,30-/m1/s1. The summed E-state index contributed by atoms with van der Waals surface area (Å²) in [6, 6.07) is 7.81. The SMILES string of the molecule is C=CC[C@H](O[Si](C)(C)C(C)(C)C)[C@H](O)[C@@H](C=C[C@@H](C)[C@@H](C)O[Si](C)(C)C(C)(C)C)OCc1ccc(OC)cc1. The van der Waals surface area contributed by atoms with Crippen LogP contribution in [0.4, 0.5) is 0 Å². The first-order valence-electron chi connectivity index (χ1n) is 14.3. The van der Waals surface area contributed by atoms with Crippen LogP contribution in [0.1, 0.15) is 67.4 Å². The highest BCUT2D eigenvalue weighted by molar-refractivity contribution is 6.74. The van der Waals surface area contributed by atoms with E-state index in [4.69, 9.17) is 18.3 Å². The van der Waals surface area contributed by atoms with Gasteiger partial charge in [0, 0.05) is 6.10 Å². The predicted octanol–water partition coefficient (Wildman–Crippen LogP) is 8.51. The Morgan fingerprint density at radius 3 is 1.85 bits per heavy atom. The molecule has 0 spiro atoms. The fourth-order valence-corrected chi connectivity index (χ4v) is 6.40. The average Bonchev–Trinajstić information content (AvgIpc) is 2.81. The molecule has 1 rings (SSSR count). The van der Waals surface area contributed by atoms with Crippen LogP contribution in [0, 0.1) is 5.92 Å². The van der Waals surface area contributed by atoms with Gasteiger partial charge in [0.1, 0.15) is 18.0 Å². The fourth-order valence-electron chi connectivity index (χ4n) is 3.56. The van der Waals surface area contributed by atoms with Gasteiger partial charge in [-0.05, 0) is 73.2 Å². The molecule has 0 heterocycles. The normalized spacial score (nSPS) is 17.5. The minimum absolute atomic E-state index is 0.0203. The Balaban J connectivity index is 3.22. The highest BCUT2D eigenvalue weighted by Gasteiger charge is 2.42. The Bertz CT molecular complexity index is 897. The number of benzene rings is 1. The summed E-state index contributed by atoms with van der Waals surface area (Å²) in [5.74, 6) is 0.950. The maximum absolute atomic E-state index is 11.7. The van der Waals surface area contributed by atoms with E-state index in [2.05, 4.69) is 94.2 Å². The van der Waals surface area contributed by atoms with Crippen LogP contribution in [0.25, 0.3) is 0 Å². The summed E-state index contributed by atoms with van der Waals surface area (Å²) < 4.78 is 25.0. The lowest BCUT2D eigenvalue weighted by atomic mass is 10.0. The van der Waals surface area contributed by atoms with Crippen molar-refractivity contribution in [3.8, 4) is 5.75 Å². The molecule has 39 heavy (non-hydrogen) atoms. The van der Waals surface area contributed by atoms with E-state index in [9.17, 15) is 5.11 Å². The summed E-state index contributed by atoms with van der Waals surface area (Å²) in [6.45, 7) is 31.0. The highest BCUT2D eigenvalue weighted by Crippen LogP contribution is 2.39. The third-order valence-corrected chi connectivity index (χ3v) is 17.7. The highest BCUT2D eigenvalue weighted by atomic mass is 28.4. The zero-order valence-electron chi connectivity index (χ0n) is 27.1. The Morgan fingerprint density at radius 2 is 1.38 bits per heavy atom. The van der Waals surface area contributed by atoms with Gasteiger partial charge in [0.2, 0.25) is 0 Å². The van der Waals surface area contributed by atoms with Crippen LogP contribution in [0.2, 0.25) is 36.3 Å². The summed E-state index contributed by atoms with van der Waals surface area (Å²) in [5.41, 5.74) is 1.01. The van der Waals surface area contributed by atoms with Crippen LogP contribution in [-0.4, -0.2) is 53.3 Å². The van der Waals surface area contributed by atoms with Crippen LogP contribution in [-0.2, 0) is 20.2 Å². The molecule has 0 bridgehead atoms. The van der Waals surface area contributed by atoms with E-state index in [-0.39, 0.29) is 22.1 Å². The molecular weight excluding hydrogens is 521 g/mol. The predicted molar refractivity (Wildman–Crippen MR) is 171 cm³/mol. The number of hydrogen-bond acceptors (Lipinski definition) is 5. The van der Waals surface area contributed by atoms with Gasteiger partial charge in [0.05, 0.1) is 19.8 Å². The van der Waals surface area contributed by atoms with Crippen molar-refractivity contribution in [1.29, 1.82) is 0 Å². The number of methoxy groups -OCH3 is 1. The summed E-state index contributed by atoms with van der Waals surface area (Å²) >= 11 is 0. The number of aliphatic hydroxyl groups is 1. The Labute approximate surface area is 242 Å².